The molecule has 0 fully saturated rings. The first-order valence-electron chi connectivity index (χ1n) is 8.07. The minimum atomic E-state index is 0.0745. The smallest absolute Gasteiger partial charge is 0.239 e. The van der Waals surface area contributed by atoms with E-state index in [4.69, 9.17) is 0 Å². The van der Waals surface area contributed by atoms with Crippen molar-refractivity contribution in [2.24, 2.45) is 0 Å². The molecule has 23 heavy (non-hydrogen) atoms. The minimum Gasteiger partial charge on any atom is -0.360 e. The molecule has 0 saturated heterocycles. The van der Waals surface area contributed by atoms with Gasteiger partial charge in [0.15, 0.2) is 0 Å². The first-order chi connectivity index (χ1) is 11.3. The summed E-state index contributed by atoms with van der Waals surface area (Å²) >= 11 is 1.92. The molecular formula is C19H22N2OS. The standard InChI is InChI=1S/C19H22N2OS/c1-2-16-13-21(17-10-6-7-11-18(17)23-16)14-19(22)20-12-15-8-4-3-5-9-15/h3-11,16H,2,12-14H2,1H3,(H,20,22)/t16-/m0/s1. The van der Waals surface area contributed by atoms with Gasteiger partial charge in [-0.05, 0) is 24.1 Å². The molecule has 1 N–H and O–H groups in total. The fraction of sp³-hybridized carbons (Fsp3) is 0.316. The van der Waals surface area contributed by atoms with Gasteiger partial charge < -0.3 is 10.2 Å². The number of hydrogen-bond acceptors (Lipinski definition) is 3. The summed E-state index contributed by atoms with van der Waals surface area (Å²) in [7, 11) is 0. The Morgan fingerprint density at radius 1 is 1.17 bits per heavy atom. The highest BCUT2D eigenvalue weighted by molar-refractivity contribution is 8.00. The number of benzene rings is 2. The molecule has 1 aliphatic heterocycles. The highest BCUT2D eigenvalue weighted by Crippen LogP contribution is 2.39. The van der Waals surface area contributed by atoms with Crippen molar-refractivity contribution < 1.29 is 4.79 Å². The SMILES string of the molecule is CC[C@H]1CN(CC(=O)NCc2ccccc2)c2ccccc2S1. The average molecular weight is 326 g/mol. The van der Waals surface area contributed by atoms with Crippen LogP contribution in [0.5, 0.6) is 0 Å². The maximum absolute atomic E-state index is 12.3. The maximum atomic E-state index is 12.3. The summed E-state index contributed by atoms with van der Waals surface area (Å²) in [6, 6.07) is 18.4. The third-order valence-corrected chi connectivity index (χ3v) is 5.46. The molecule has 2 aromatic rings. The number of amides is 1. The molecule has 1 aliphatic rings. The molecule has 0 spiro atoms. The first kappa shape index (κ1) is 15.9. The summed E-state index contributed by atoms with van der Waals surface area (Å²) in [5.41, 5.74) is 2.30. The number of nitrogens with one attached hydrogen (secondary N) is 1. The second-order valence-electron chi connectivity index (χ2n) is 5.76. The van der Waals surface area contributed by atoms with Gasteiger partial charge >= 0.3 is 0 Å². The van der Waals surface area contributed by atoms with Gasteiger partial charge in [0, 0.05) is 23.2 Å². The number of carbonyl (C=O) groups is 1. The lowest BCUT2D eigenvalue weighted by molar-refractivity contribution is -0.119. The molecule has 3 rings (SSSR count). The van der Waals surface area contributed by atoms with Crippen molar-refractivity contribution in [2.45, 2.75) is 30.0 Å². The van der Waals surface area contributed by atoms with Gasteiger partial charge in [-0.1, -0.05) is 49.4 Å². The van der Waals surface area contributed by atoms with E-state index in [1.165, 1.54) is 10.6 Å². The minimum absolute atomic E-state index is 0.0745. The van der Waals surface area contributed by atoms with Crippen LogP contribution in [-0.2, 0) is 11.3 Å². The molecule has 3 nitrogen and oxygen atoms in total. The van der Waals surface area contributed by atoms with E-state index in [1.807, 2.05) is 48.2 Å². The zero-order valence-electron chi connectivity index (χ0n) is 13.4. The largest absolute Gasteiger partial charge is 0.360 e. The quantitative estimate of drug-likeness (QED) is 0.909. The molecule has 120 valence electrons. The van der Waals surface area contributed by atoms with E-state index in [-0.39, 0.29) is 5.91 Å². The van der Waals surface area contributed by atoms with Gasteiger partial charge in [0.05, 0.1) is 12.2 Å². The van der Waals surface area contributed by atoms with Crippen molar-refractivity contribution in [3.05, 3.63) is 60.2 Å². The predicted octanol–water partition coefficient (Wildman–Crippen LogP) is 3.69. The molecule has 2 aromatic carbocycles. The van der Waals surface area contributed by atoms with E-state index in [9.17, 15) is 4.79 Å². The maximum Gasteiger partial charge on any atom is 0.239 e. The zero-order chi connectivity index (χ0) is 16.1. The normalized spacial score (nSPS) is 16.7. The van der Waals surface area contributed by atoms with Crippen LogP contribution < -0.4 is 10.2 Å². The molecular weight excluding hydrogens is 304 g/mol. The third kappa shape index (κ3) is 4.08. The third-order valence-electron chi connectivity index (χ3n) is 4.05. The Kier molecular flexibility index (Phi) is 5.23. The lowest BCUT2D eigenvalue weighted by Crippen LogP contribution is -2.42. The Bertz CT molecular complexity index is 659. The molecule has 0 aliphatic carbocycles. The molecule has 1 atom stereocenters. The van der Waals surface area contributed by atoms with Gasteiger partial charge in [-0.15, -0.1) is 11.8 Å². The predicted molar refractivity (Wildman–Crippen MR) is 96.9 cm³/mol. The van der Waals surface area contributed by atoms with Crippen molar-refractivity contribution in [3.8, 4) is 0 Å². The van der Waals surface area contributed by atoms with Gasteiger partial charge in [0.2, 0.25) is 5.91 Å². The Balaban J connectivity index is 1.63. The van der Waals surface area contributed by atoms with Crippen LogP contribution >= 0.6 is 11.8 Å². The summed E-state index contributed by atoms with van der Waals surface area (Å²) in [6.45, 7) is 4.14. The van der Waals surface area contributed by atoms with Crippen LogP contribution in [0.25, 0.3) is 0 Å². The molecule has 4 heteroatoms. The highest BCUT2D eigenvalue weighted by Gasteiger charge is 2.24. The Hall–Kier alpha value is -1.94. The van der Waals surface area contributed by atoms with E-state index in [0.717, 1.165) is 18.5 Å². The summed E-state index contributed by atoms with van der Waals surface area (Å²) < 4.78 is 0. The average Bonchev–Trinajstić information content (AvgIpc) is 2.60. The van der Waals surface area contributed by atoms with Crippen molar-refractivity contribution >= 4 is 23.4 Å². The molecule has 1 amide bonds. The number of thioether (sulfide) groups is 1. The van der Waals surface area contributed by atoms with Crippen molar-refractivity contribution in [3.63, 3.8) is 0 Å². The van der Waals surface area contributed by atoms with Crippen molar-refractivity contribution in [2.75, 3.05) is 18.0 Å². The number of nitrogens with zero attached hydrogens (tertiary/aromatic N) is 1. The highest BCUT2D eigenvalue weighted by atomic mass is 32.2. The van der Waals surface area contributed by atoms with E-state index >= 15 is 0 Å². The second kappa shape index (κ2) is 7.55. The number of anilines is 1. The van der Waals surface area contributed by atoms with E-state index in [1.54, 1.807) is 0 Å². The summed E-state index contributed by atoms with van der Waals surface area (Å²) in [6.07, 6.45) is 1.11. The molecule has 0 aromatic heterocycles. The number of hydrogen-bond donors (Lipinski definition) is 1. The van der Waals surface area contributed by atoms with Gasteiger partial charge in [-0.3, -0.25) is 4.79 Å². The molecule has 0 bridgehead atoms. The van der Waals surface area contributed by atoms with Gasteiger partial charge in [0.1, 0.15) is 0 Å². The number of para-hydroxylation sites is 1. The van der Waals surface area contributed by atoms with E-state index in [2.05, 4.69) is 35.3 Å². The second-order valence-corrected chi connectivity index (χ2v) is 7.10. The lowest BCUT2D eigenvalue weighted by atomic mass is 10.2. The van der Waals surface area contributed by atoms with Gasteiger partial charge in [-0.25, -0.2) is 0 Å². The topological polar surface area (TPSA) is 32.3 Å². The number of fused-ring (bicyclic) bond motifs is 1. The molecule has 0 radical (unpaired) electrons. The van der Waals surface area contributed by atoms with Crippen LogP contribution in [0.3, 0.4) is 0 Å². The zero-order valence-corrected chi connectivity index (χ0v) is 14.2. The van der Waals surface area contributed by atoms with Crippen molar-refractivity contribution in [1.82, 2.24) is 5.32 Å². The fourth-order valence-electron chi connectivity index (χ4n) is 2.77. The van der Waals surface area contributed by atoms with Crippen LogP contribution in [0.2, 0.25) is 0 Å². The molecule has 0 saturated carbocycles. The van der Waals surface area contributed by atoms with Crippen molar-refractivity contribution in [1.29, 1.82) is 0 Å². The van der Waals surface area contributed by atoms with E-state index in [0.29, 0.717) is 18.3 Å². The van der Waals surface area contributed by atoms with Crippen LogP contribution in [0.15, 0.2) is 59.5 Å². The van der Waals surface area contributed by atoms with Crippen LogP contribution in [0.4, 0.5) is 5.69 Å². The monoisotopic (exact) mass is 326 g/mol. The van der Waals surface area contributed by atoms with Crippen LogP contribution in [0, 0.1) is 0 Å². The first-order valence-corrected chi connectivity index (χ1v) is 8.95. The van der Waals surface area contributed by atoms with Gasteiger partial charge in [0.25, 0.3) is 0 Å². The Morgan fingerprint density at radius 2 is 1.91 bits per heavy atom. The Labute approximate surface area is 142 Å². The fourth-order valence-corrected chi connectivity index (χ4v) is 4.02. The summed E-state index contributed by atoms with van der Waals surface area (Å²) in [5.74, 6) is 0.0745. The van der Waals surface area contributed by atoms with Gasteiger partial charge in [-0.2, -0.15) is 0 Å². The Morgan fingerprint density at radius 3 is 2.70 bits per heavy atom. The van der Waals surface area contributed by atoms with Crippen LogP contribution in [-0.4, -0.2) is 24.2 Å². The van der Waals surface area contributed by atoms with E-state index < -0.39 is 0 Å². The molecule has 1 heterocycles. The number of rotatable bonds is 5. The summed E-state index contributed by atoms with van der Waals surface area (Å²) in [4.78, 5) is 15.8. The number of carbonyl (C=O) groups excluding carboxylic acids is 1. The molecule has 0 unspecified atom stereocenters. The van der Waals surface area contributed by atoms with Crippen LogP contribution in [0.1, 0.15) is 18.9 Å². The lowest BCUT2D eigenvalue weighted by Gasteiger charge is -2.34. The summed E-state index contributed by atoms with van der Waals surface area (Å²) in [5, 5.41) is 3.57.